The lowest BCUT2D eigenvalue weighted by Gasteiger charge is -2.04. The monoisotopic (exact) mass is 347 g/mol. The number of rotatable bonds is 5. The maximum atomic E-state index is 13.3. The van der Waals surface area contributed by atoms with Crippen LogP contribution in [0.4, 0.5) is 15.8 Å². The predicted molar refractivity (Wildman–Crippen MR) is 87.3 cm³/mol. The van der Waals surface area contributed by atoms with E-state index in [0.717, 1.165) is 17.7 Å². The molecule has 3 rings (SSSR count). The normalized spacial score (nSPS) is 10.6. The van der Waals surface area contributed by atoms with Gasteiger partial charge in [0.15, 0.2) is 5.76 Å². The molecule has 0 atom stereocenters. The number of nitro groups is 1. The fraction of sp³-hybridized carbons (Fsp3) is 0.0625. The first kappa shape index (κ1) is 15.9. The zero-order valence-corrected chi connectivity index (χ0v) is 13.0. The Morgan fingerprint density at radius 2 is 2.12 bits per heavy atom. The van der Waals surface area contributed by atoms with Gasteiger partial charge < -0.3 is 9.73 Å². The van der Waals surface area contributed by atoms with Crippen LogP contribution in [0.25, 0.3) is 11.3 Å². The summed E-state index contributed by atoms with van der Waals surface area (Å²) in [5.74, 6) is 0.0567. The molecule has 2 aromatic carbocycles. The van der Waals surface area contributed by atoms with Crippen LogP contribution < -0.4 is 5.32 Å². The summed E-state index contributed by atoms with van der Waals surface area (Å²) < 4.78 is 18.9. The maximum absolute atomic E-state index is 13.3. The van der Waals surface area contributed by atoms with Crippen LogP contribution in [0.15, 0.2) is 53.1 Å². The highest BCUT2D eigenvalue weighted by Crippen LogP contribution is 2.25. The van der Waals surface area contributed by atoms with Crippen molar-refractivity contribution in [3.05, 3.63) is 75.5 Å². The van der Waals surface area contributed by atoms with Crippen molar-refractivity contribution >= 4 is 23.0 Å². The summed E-state index contributed by atoms with van der Waals surface area (Å²) in [6.07, 6.45) is 1.57. The summed E-state index contributed by atoms with van der Waals surface area (Å²) >= 11 is 5.94. The van der Waals surface area contributed by atoms with Gasteiger partial charge >= 0.3 is 5.69 Å². The second-order valence-corrected chi connectivity index (χ2v) is 5.34. The number of hydrogen-bond acceptors (Lipinski definition) is 5. The Bertz CT molecular complexity index is 898. The highest BCUT2D eigenvalue weighted by atomic mass is 35.5. The molecule has 0 spiro atoms. The van der Waals surface area contributed by atoms with Gasteiger partial charge in [-0.25, -0.2) is 4.98 Å². The van der Waals surface area contributed by atoms with Crippen molar-refractivity contribution in [1.82, 2.24) is 4.98 Å². The van der Waals surface area contributed by atoms with E-state index >= 15 is 0 Å². The summed E-state index contributed by atoms with van der Waals surface area (Å²) in [6.45, 7) is 0.198. The van der Waals surface area contributed by atoms with Crippen molar-refractivity contribution in [1.29, 1.82) is 0 Å². The van der Waals surface area contributed by atoms with Gasteiger partial charge in [-0.2, -0.15) is 4.39 Å². The largest absolute Gasteiger partial charge is 0.439 e. The minimum Gasteiger partial charge on any atom is -0.439 e. The molecule has 6 nitrogen and oxygen atoms in total. The van der Waals surface area contributed by atoms with E-state index in [2.05, 4.69) is 10.3 Å². The Morgan fingerprint density at radius 1 is 1.29 bits per heavy atom. The zero-order valence-electron chi connectivity index (χ0n) is 12.2. The molecular weight excluding hydrogens is 337 g/mol. The van der Waals surface area contributed by atoms with Crippen LogP contribution >= 0.6 is 11.6 Å². The summed E-state index contributed by atoms with van der Waals surface area (Å²) in [5, 5.41) is 14.2. The quantitative estimate of drug-likeness (QED) is 0.536. The van der Waals surface area contributed by atoms with Crippen molar-refractivity contribution < 1.29 is 13.7 Å². The molecule has 1 N–H and O–H groups in total. The second kappa shape index (κ2) is 6.67. The smallest absolute Gasteiger partial charge is 0.306 e. The molecule has 0 aliphatic carbocycles. The number of hydrogen-bond donors (Lipinski definition) is 1. The molecule has 8 heteroatoms. The van der Waals surface area contributed by atoms with Crippen molar-refractivity contribution in [2.24, 2.45) is 0 Å². The van der Waals surface area contributed by atoms with Crippen molar-refractivity contribution in [3.8, 4) is 11.3 Å². The molecule has 0 amide bonds. The third kappa shape index (κ3) is 3.52. The van der Waals surface area contributed by atoms with Crippen LogP contribution in [-0.4, -0.2) is 9.91 Å². The first-order valence-electron chi connectivity index (χ1n) is 6.91. The van der Waals surface area contributed by atoms with Crippen LogP contribution in [0.1, 0.15) is 5.89 Å². The molecule has 0 radical (unpaired) electrons. The number of aromatic nitrogens is 1. The lowest BCUT2D eigenvalue weighted by Crippen LogP contribution is -2.01. The average Bonchev–Trinajstić information content (AvgIpc) is 3.03. The lowest BCUT2D eigenvalue weighted by molar-refractivity contribution is -0.387. The van der Waals surface area contributed by atoms with Crippen LogP contribution in [0.2, 0.25) is 5.02 Å². The Morgan fingerprint density at radius 3 is 2.88 bits per heavy atom. The van der Waals surface area contributed by atoms with Gasteiger partial charge in [-0.1, -0.05) is 23.7 Å². The standard InChI is InChI=1S/C16H11ClFN3O3/c17-11-3-1-2-10(6-11)15-8-20-16(24-15)9-19-12-4-5-13(18)14(7-12)21(22)23/h1-8,19H,9H2. The van der Waals surface area contributed by atoms with Gasteiger partial charge in [-0.3, -0.25) is 10.1 Å². The highest BCUT2D eigenvalue weighted by Gasteiger charge is 2.14. The fourth-order valence-electron chi connectivity index (χ4n) is 2.11. The van der Waals surface area contributed by atoms with E-state index in [0.29, 0.717) is 22.4 Å². The van der Waals surface area contributed by atoms with E-state index in [4.69, 9.17) is 16.0 Å². The molecule has 0 fully saturated rings. The molecule has 0 bridgehead atoms. The average molecular weight is 348 g/mol. The Labute approximate surface area is 141 Å². The van der Waals surface area contributed by atoms with Gasteiger partial charge in [-0.15, -0.1) is 0 Å². The van der Waals surface area contributed by atoms with Gasteiger partial charge in [0.25, 0.3) is 0 Å². The predicted octanol–water partition coefficient (Wildman–Crippen LogP) is 4.65. The van der Waals surface area contributed by atoms with Crippen LogP contribution in [0.3, 0.4) is 0 Å². The van der Waals surface area contributed by atoms with Crippen molar-refractivity contribution in [2.75, 3.05) is 5.32 Å². The van der Waals surface area contributed by atoms with Gasteiger partial charge in [0.1, 0.15) is 0 Å². The molecule has 1 aromatic heterocycles. The third-order valence-corrected chi connectivity index (χ3v) is 3.48. The molecule has 0 saturated heterocycles. The number of nitrogens with zero attached hydrogens (tertiary/aromatic N) is 2. The van der Waals surface area contributed by atoms with E-state index in [1.807, 2.05) is 6.07 Å². The van der Waals surface area contributed by atoms with Crippen LogP contribution in [-0.2, 0) is 6.54 Å². The van der Waals surface area contributed by atoms with Crippen molar-refractivity contribution in [3.63, 3.8) is 0 Å². The van der Waals surface area contributed by atoms with E-state index < -0.39 is 16.4 Å². The Balaban J connectivity index is 1.72. The summed E-state index contributed by atoms with van der Waals surface area (Å²) in [6, 6.07) is 10.7. The topological polar surface area (TPSA) is 81.2 Å². The first-order valence-corrected chi connectivity index (χ1v) is 7.29. The van der Waals surface area contributed by atoms with Gasteiger partial charge in [-0.05, 0) is 24.3 Å². The molecular formula is C16H11ClFN3O3. The molecule has 122 valence electrons. The molecule has 3 aromatic rings. The number of nitro benzene ring substituents is 1. The Kier molecular flexibility index (Phi) is 4.43. The fourth-order valence-corrected chi connectivity index (χ4v) is 2.30. The van der Waals surface area contributed by atoms with E-state index in [1.165, 1.54) is 6.07 Å². The SMILES string of the molecule is O=[N+]([O-])c1cc(NCc2ncc(-c3cccc(Cl)c3)o2)ccc1F. The minimum absolute atomic E-state index is 0.198. The summed E-state index contributed by atoms with van der Waals surface area (Å²) in [7, 11) is 0. The van der Waals surface area contributed by atoms with E-state index in [1.54, 1.807) is 24.4 Å². The van der Waals surface area contributed by atoms with Gasteiger partial charge in [0, 0.05) is 22.3 Å². The first-order chi connectivity index (χ1) is 11.5. The Hall–Kier alpha value is -2.93. The van der Waals surface area contributed by atoms with Gasteiger partial charge in [0.2, 0.25) is 11.7 Å². The molecule has 0 unspecified atom stereocenters. The lowest BCUT2D eigenvalue weighted by atomic mass is 10.2. The summed E-state index contributed by atoms with van der Waals surface area (Å²) in [5.41, 5.74) is 0.594. The number of oxazole rings is 1. The van der Waals surface area contributed by atoms with E-state index in [9.17, 15) is 14.5 Å². The second-order valence-electron chi connectivity index (χ2n) is 4.91. The minimum atomic E-state index is -0.884. The van der Waals surface area contributed by atoms with Crippen molar-refractivity contribution in [2.45, 2.75) is 6.54 Å². The molecule has 0 aliphatic heterocycles. The molecule has 0 saturated carbocycles. The third-order valence-electron chi connectivity index (χ3n) is 3.25. The molecule has 1 heterocycles. The van der Waals surface area contributed by atoms with Crippen LogP contribution in [0, 0.1) is 15.9 Å². The van der Waals surface area contributed by atoms with Gasteiger partial charge in [0.05, 0.1) is 17.7 Å². The number of anilines is 1. The van der Waals surface area contributed by atoms with Crippen LogP contribution in [0.5, 0.6) is 0 Å². The molecule has 0 aliphatic rings. The maximum Gasteiger partial charge on any atom is 0.306 e. The number of benzene rings is 2. The number of nitrogens with one attached hydrogen (secondary N) is 1. The number of halogens is 2. The van der Waals surface area contributed by atoms with E-state index in [-0.39, 0.29) is 6.54 Å². The summed E-state index contributed by atoms with van der Waals surface area (Å²) in [4.78, 5) is 14.1. The molecule has 24 heavy (non-hydrogen) atoms. The highest BCUT2D eigenvalue weighted by molar-refractivity contribution is 6.30. The zero-order chi connectivity index (χ0) is 17.1.